The van der Waals surface area contributed by atoms with Crippen LogP contribution in [0.5, 0.6) is 0 Å². The molecule has 0 aromatic heterocycles. The zero-order chi connectivity index (χ0) is 18.1. The number of benzene rings is 1. The van der Waals surface area contributed by atoms with Crippen LogP contribution in [0.15, 0.2) is 36.4 Å². The SMILES string of the molecule is C[C@@H]1CCCC[C@@]12NC(=O)N(C[NH+]1CC=C(c3ccccc3)CC1)C2=O. The van der Waals surface area contributed by atoms with Crippen LogP contribution in [0.2, 0.25) is 0 Å². The average Bonchev–Trinajstić information content (AvgIpc) is 2.90. The number of urea groups is 1. The lowest BCUT2D eigenvalue weighted by molar-refractivity contribution is -0.902. The van der Waals surface area contributed by atoms with Gasteiger partial charge in [-0.05, 0) is 36.0 Å². The lowest BCUT2D eigenvalue weighted by atomic mass is 9.73. The lowest BCUT2D eigenvalue weighted by Gasteiger charge is -2.37. The molecular formula is C21H28N3O2+. The Morgan fingerprint density at radius 2 is 2.04 bits per heavy atom. The minimum atomic E-state index is -0.643. The molecule has 1 aromatic rings. The minimum Gasteiger partial charge on any atom is -0.323 e. The van der Waals surface area contributed by atoms with Crippen molar-refractivity contribution in [3.05, 3.63) is 42.0 Å². The second kappa shape index (κ2) is 6.88. The summed E-state index contributed by atoms with van der Waals surface area (Å²) < 4.78 is 0. The van der Waals surface area contributed by atoms with Crippen molar-refractivity contribution in [1.29, 1.82) is 0 Å². The fourth-order valence-electron chi connectivity index (χ4n) is 4.70. The molecule has 1 saturated heterocycles. The fraction of sp³-hybridized carbons (Fsp3) is 0.524. The highest BCUT2D eigenvalue weighted by Gasteiger charge is 2.55. The summed E-state index contributed by atoms with van der Waals surface area (Å²) in [4.78, 5) is 28.3. The Balaban J connectivity index is 1.43. The maximum absolute atomic E-state index is 13.1. The van der Waals surface area contributed by atoms with E-state index in [1.54, 1.807) is 0 Å². The maximum atomic E-state index is 13.1. The van der Waals surface area contributed by atoms with E-state index >= 15 is 0 Å². The van der Waals surface area contributed by atoms with Crippen molar-refractivity contribution in [3.63, 3.8) is 0 Å². The number of carbonyl (C=O) groups excluding carboxylic acids is 2. The highest BCUT2D eigenvalue weighted by Crippen LogP contribution is 2.37. The molecule has 1 aromatic carbocycles. The van der Waals surface area contributed by atoms with Crippen LogP contribution in [0, 0.1) is 5.92 Å². The molecule has 0 bridgehead atoms. The van der Waals surface area contributed by atoms with Crippen LogP contribution in [0.3, 0.4) is 0 Å². The van der Waals surface area contributed by atoms with Crippen LogP contribution in [-0.4, -0.2) is 42.1 Å². The monoisotopic (exact) mass is 354 g/mol. The van der Waals surface area contributed by atoms with Gasteiger partial charge in [-0.25, -0.2) is 9.69 Å². The molecule has 3 amide bonds. The van der Waals surface area contributed by atoms with Gasteiger partial charge in [0.2, 0.25) is 0 Å². The van der Waals surface area contributed by atoms with Crippen LogP contribution in [0.4, 0.5) is 4.79 Å². The van der Waals surface area contributed by atoms with Gasteiger partial charge < -0.3 is 10.2 Å². The number of quaternary nitrogens is 1. The molecule has 3 aliphatic rings. The third-order valence-electron chi connectivity index (χ3n) is 6.41. The molecule has 138 valence electrons. The first-order chi connectivity index (χ1) is 12.6. The molecule has 2 aliphatic heterocycles. The Morgan fingerprint density at radius 3 is 2.73 bits per heavy atom. The Morgan fingerprint density at radius 1 is 1.23 bits per heavy atom. The molecule has 1 unspecified atom stereocenters. The number of hydrogen-bond donors (Lipinski definition) is 2. The zero-order valence-corrected chi connectivity index (χ0v) is 15.5. The number of imide groups is 1. The van der Waals surface area contributed by atoms with E-state index in [1.807, 2.05) is 6.07 Å². The van der Waals surface area contributed by atoms with E-state index in [4.69, 9.17) is 0 Å². The predicted molar refractivity (Wildman–Crippen MR) is 100 cm³/mol. The number of carbonyl (C=O) groups is 2. The first-order valence-electron chi connectivity index (χ1n) is 9.82. The molecule has 26 heavy (non-hydrogen) atoms. The highest BCUT2D eigenvalue weighted by atomic mass is 16.2. The molecule has 1 saturated carbocycles. The minimum absolute atomic E-state index is 0.0000332. The van der Waals surface area contributed by atoms with Crippen molar-refractivity contribution < 1.29 is 14.5 Å². The topological polar surface area (TPSA) is 53.9 Å². The van der Waals surface area contributed by atoms with E-state index in [2.05, 4.69) is 42.6 Å². The second-order valence-corrected chi connectivity index (χ2v) is 7.99. The first kappa shape index (κ1) is 17.3. The molecule has 0 radical (unpaired) electrons. The number of amides is 3. The largest absolute Gasteiger partial charge is 0.329 e. The Kier molecular flexibility index (Phi) is 4.57. The normalized spacial score (nSPS) is 31.9. The van der Waals surface area contributed by atoms with Gasteiger partial charge in [0, 0.05) is 6.42 Å². The summed E-state index contributed by atoms with van der Waals surface area (Å²) in [5, 5.41) is 3.05. The Bertz CT molecular complexity index is 730. The molecular weight excluding hydrogens is 326 g/mol. The van der Waals surface area contributed by atoms with Gasteiger partial charge in [0.05, 0.1) is 13.1 Å². The highest BCUT2D eigenvalue weighted by molar-refractivity contribution is 6.07. The van der Waals surface area contributed by atoms with Gasteiger partial charge in [0.15, 0.2) is 6.67 Å². The van der Waals surface area contributed by atoms with Crippen molar-refractivity contribution in [3.8, 4) is 0 Å². The summed E-state index contributed by atoms with van der Waals surface area (Å²) >= 11 is 0. The van der Waals surface area contributed by atoms with E-state index < -0.39 is 5.54 Å². The van der Waals surface area contributed by atoms with E-state index in [0.717, 1.165) is 45.2 Å². The molecule has 3 atom stereocenters. The third-order valence-corrected chi connectivity index (χ3v) is 6.41. The van der Waals surface area contributed by atoms with Crippen LogP contribution in [0.1, 0.15) is 44.6 Å². The van der Waals surface area contributed by atoms with Gasteiger partial charge >= 0.3 is 6.03 Å². The van der Waals surface area contributed by atoms with Gasteiger partial charge in [0.25, 0.3) is 5.91 Å². The van der Waals surface area contributed by atoms with Gasteiger partial charge in [-0.15, -0.1) is 0 Å². The van der Waals surface area contributed by atoms with Gasteiger partial charge in [-0.1, -0.05) is 50.1 Å². The van der Waals surface area contributed by atoms with E-state index in [9.17, 15) is 9.59 Å². The van der Waals surface area contributed by atoms with Crippen molar-refractivity contribution >= 4 is 17.5 Å². The summed E-state index contributed by atoms with van der Waals surface area (Å²) in [6.45, 7) is 4.37. The number of hydrogen-bond acceptors (Lipinski definition) is 2. The maximum Gasteiger partial charge on any atom is 0.329 e. The quantitative estimate of drug-likeness (QED) is 0.814. The average molecular weight is 354 g/mol. The van der Waals surface area contributed by atoms with Crippen molar-refractivity contribution in [2.75, 3.05) is 19.8 Å². The smallest absolute Gasteiger partial charge is 0.323 e. The molecule has 2 fully saturated rings. The summed E-state index contributed by atoms with van der Waals surface area (Å²) in [6.07, 6.45) is 7.19. The Labute approximate surface area is 155 Å². The molecule has 2 N–H and O–H groups in total. The standard InChI is InChI=1S/C21H27N3O2/c1-16-7-5-6-12-21(16)19(25)24(20(26)22-21)15-23-13-10-18(11-14-23)17-8-3-2-4-9-17/h2-4,8-10,16H,5-7,11-15H2,1H3,(H,22,26)/p+1/t16-,21-/m1/s1. The number of nitrogens with zero attached hydrogens (tertiary/aromatic N) is 1. The van der Waals surface area contributed by atoms with Crippen LogP contribution < -0.4 is 10.2 Å². The van der Waals surface area contributed by atoms with Crippen LogP contribution in [-0.2, 0) is 4.79 Å². The fourth-order valence-corrected chi connectivity index (χ4v) is 4.70. The zero-order valence-electron chi connectivity index (χ0n) is 15.5. The molecule has 4 rings (SSSR count). The lowest BCUT2D eigenvalue weighted by Crippen LogP contribution is -3.14. The second-order valence-electron chi connectivity index (χ2n) is 7.99. The van der Waals surface area contributed by atoms with E-state index in [-0.39, 0.29) is 17.9 Å². The Hall–Kier alpha value is -2.14. The first-order valence-corrected chi connectivity index (χ1v) is 9.82. The summed E-state index contributed by atoms with van der Waals surface area (Å²) in [5.41, 5.74) is 2.00. The van der Waals surface area contributed by atoms with Crippen LogP contribution in [0.25, 0.3) is 5.57 Å². The number of nitrogens with one attached hydrogen (secondary N) is 2. The molecule has 5 heteroatoms. The van der Waals surface area contributed by atoms with Crippen molar-refractivity contribution in [2.45, 2.75) is 44.6 Å². The van der Waals surface area contributed by atoms with Crippen molar-refractivity contribution in [1.82, 2.24) is 10.2 Å². The van der Waals surface area contributed by atoms with Gasteiger partial charge in [-0.2, -0.15) is 0 Å². The molecule has 5 nitrogen and oxygen atoms in total. The summed E-state index contributed by atoms with van der Waals surface area (Å²) in [6, 6.07) is 10.2. The molecule has 1 aliphatic carbocycles. The predicted octanol–water partition coefficient (Wildman–Crippen LogP) is 1.82. The summed E-state index contributed by atoms with van der Waals surface area (Å²) in [5.74, 6) is 0.221. The molecule has 1 spiro atoms. The van der Waals surface area contributed by atoms with Crippen molar-refractivity contribution in [2.24, 2.45) is 5.92 Å². The van der Waals surface area contributed by atoms with Crippen LogP contribution >= 0.6 is 0 Å². The van der Waals surface area contributed by atoms with E-state index in [1.165, 1.54) is 20.9 Å². The third kappa shape index (κ3) is 2.94. The number of rotatable bonds is 3. The van der Waals surface area contributed by atoms with E-state index in [0.29, 0.717) is 6.67 Å². The summed E-state index contributed by atoms with van der Waals surface area (Å²) in [7, 11) is 0. The van der Waals surface area contributed by atoms with Gasteiger partial charge in [0.1, 0.15) is 5.54 Å². The van der Waals surface area contributed by atoms with Gasteiger partial charge in [-0.3, -0.25) is 4.79 Å². The molecule has 2 heterocycles.